The molecule has 2 unspecified atom stereocenters. The number of anilines is 1. The summed E-state index contributed by atoms with van der Waals surface area (Å²) >= 11 is 5.30. The number of hydrogen-bond acceptors (Lipinski definition) is 3. The van der Waals surface area contributed by atoms with Crippen LogP contribution in [0.4, 0.5) is 5.69 Å². The molecule has 0 saturated carbocycles. The highest BCUT2D eigenvalue weighted by molar-refractivity contribution is 7.80. The fourth-order valence-corrected chi connectivity index (χ4v) is 3.84. The minimum atomic E-state index is -0.677. The Morgan fingerprint density at radius 2 is 1.75 bits per heavy atom. The molecule has 1 aliphatic rings. The van der Waals surface area contributed by atoms with Crippen LogP contribution >= 0.6 is 12.2 Å². The molecule has 0 aromatic heterocycles. The molecule has 0 spiro atoms. The zero-order valence-electron chi connectivity index (χ0n) is 15.0. The van der Waals surface area contributed by atoms with Crippen LogP contribution in [-0.2, 0) is 4.79 Å². The number of thiocarbonyl (C=S) groups is 1. The molecule has 3 aromatic carbocycles. The van der Waals surface area contributed by atoms with Crippen LogP contribution in [-0.4, -0.2) is 16.1 Å². The summed E-state index contributed by atoms with van der Waals surface area (Å²) in [6.45, 7) is 4.01. The van der Waals surface area contributed by atoms with Gasteiger partial charge in [-0.25, -0.2) is 0 Å². The van der Waals surface area contributed by atoms with Gasteiger partial charge in [-0.05, 0) is 41.2 Å². The number of rotatable bonds is 3. The standard InChI is InChI=1S/C22H19N3O2S/c1-13-18(21(27)24-15-8-3-2-4-9-15)20(25-22(28)23-13)19-16-10-6-5-7-14(16)11-12-17(19)26/h2-12,18,20,26H,1H2,(H,24,27)(H2,23,25,28). The lowest BCUT2D eigenvalue weighted by atomic mass is 9.85. The lowest BCUT2D eigenvalue weighted by Crippen LogP contribution is -2.51. The molecule has 0 radical (unpaired) electrons. The molecule has 5 nitrogen and oxygen atoms in total. The first-order valence-electron chi connectivity index (χ1n) is 8.87. The Morgan fingerprint density at radius 3 is 2.54 bits per heavy atom. The topological polar surface area (TPSA) is 73.4 Å². The summed E-state index contributed by atoms with van der Waals surface area (Å²) in [6.07, 6.45) is 0. The van der Waals surface area contributed by atoms with Crippen LogP contribution in [0.2, 0.25) is 0 Å². The average molecular weight is 389 g/mol. The second kappa shape index (κ2) is 7.32. The van der Waals surface area contributed by atoms with Crippen molar-refractivity contribution >= 4 is 39.7 Å². The summed E-state index contributed by atoms with van der Waals surface area (Å²) in [4.78, 5) is 13.1. The maximum atomic E-state index is 13.1. The number of carbonyl (C=O) groups excluding carboxylic acids is 1. The van der Waals surface area contributed by atoms with Crippen LogP contribution in [0.3, 0.4) is 0 Å². The van der Waals surface area contributed by atoms with E-state index in [0.29, 0.717) is 22.1 Å². The number of fused-ring (bicyclic) bond motifs is 1. The molecule has 2 atom stereocenters. The Kier molecular flexibility index (Phi) is 4.71. The summed E-state index contributed by atoms with van der Waals surface area (Å²) in [5.74, 6) is -0.814. The van der Waals surface area contributed by atoms with E-state index in [4.69, 9.17) is 12.2 Å². The van der Waals surface area contributed by atoms with Gasteiger partial charge < -0.3 is 21.1 Å². The highest BCUT2D eigenvalue weighted by Gasteiger charge is 2.38. The van der Waals surface area contributed by atoms with E-state index < -0.39 is 12.0 Å². The largest absolute Gasteiger partial charge is 0.508 e. The molecule has 0 aliphatic carbocycles. The third kappa shape index (κ3) is 3.30. The van der Waals surface area contributed by atoms with Crippen molar-refractivity contribution in [2.45, 2.75) is 6.04 Å². The molecule has 4 rings (SSSR count). The second-order valence-electron chi connectivity index (χ2n) is 6.65. The molecule has 1 saturated heterocycles. The molecule has 140 valence electrons. The summed E-state index contributed by atoms with van der Waals surface area (Å²) in [5, 5.41) is 21.9. The normalized spacial score (nSPS) is 19.0. The molecule has 1 heterocycles. The van der Waals surface area contributed by atoms with Crippen molar-refractivity contribution in [3.8, 4) is 5.75 Å². The zero-order chi connectivity index (χ0) is 19.7. The predicted molar refractivity (Wildman–Crippen MR) is 115 cm³/mol. The lowest BCUT2D eigenvalue weighted by molar-refractivity contribution is -0.119. The number of para-hydroxylation sites is 1. The Morgan fingerprint density at radius 1 is 1.04 bits per heavy atom. The van der Waals surface area contributed by atoms with Crippen molar-refractivity contribution in [2.24, 2.45) is 5.92 Å². The van der Waals surface area contributed by atoms with Crippen LogP contribution in [0.1, 0.15) is 11.6 Å². The Labute approximate surface area is 168 Å². The van der Waals surface area contributed by atoms with Crippen molar-refractivity contribution in [1.82, 2.24) is 10.6 Å². The van der Waals surface area contributed by atoms with Gasteiger partial charge in [0.05, 0.1) is 6.04 Å². The van der Waals surface area contributed by atoms with Gasteiger partial charge in [0.2, 0.25) is 5.91 Å². The predicted octanol–water partition coefficient (Wildman–Crippen LogP) is 3.83. The van der Waals surface area contributed by atoms with Gasteiger partial charge in [0.1, 0.15) is 11.7 Å². The average Bonchev–Trinajstić information content (AvgIpc) is 2.68. The minimum Gasteiger partial charge on any atom is -0.508 e. The second-order valence-corrected chi connectivity index (χ2v) is 7.06. The highest BCUT2D eigenvalue weighted by Crippen LogP contribution is 2.39. The van der Waals surface area contributed by atoms with Gasteiger partial charge in [0, 0.05) is 16.9 Å². The van der Waals surface area contributed by atoms with Gasteiger partial charge in [-0.15, -0.1) is 0 Å². The van der Waals surface area contributed by atoms with Crippen molar-refractivity contribution in [3.05, 3.63) is 84.6 Å². The third-order valence-electron chi connectivity index (χ3n) is 4.85. The number of phenols is 1. The molecule has 6 heteroatoms. The maximum absolute atomic E-state index is 13.1. The van der Waals surface area contributed by atoms with E-state index in [1.807, 2.05) is 60.7 Å². The smallest absolute Gasteiger partial charge is 0.235 e. The highest BCUT2D eigenvalue weighted by atomic mass is 32.1. The van der Waals surface area contributed by atoms with Crippen molar-refractivity contribution in [2.75, 3.05) is 5.32 Å². The fraction of sp³-hybridized carbons (Fsp3) is 0.0909. The van der Waals surface area contributed by atoms with Gasteiger partial charge >= 0.3 is 0 Å². The van der Waals surface area contributed by atoms with Gasteiger partial charge in [0.25, 0.3) is 0 Å². The van der Waals surface area contributed by atoms with Crippen molar-refractivity contribution in [1.29, 1.82) is 0 Å². The van der Waals surface area contributed by atoms with E-state index >= 15 is 0 Å². The van der Waals surface area contributed by atoms with Crippen LogP contribution in [0.5, 0.6) is 5.75 Å². The van der Waals surface area contributed by atoms with E-state index in [-0.39, 0.29) is 11.7 Å². The van der Waals surface area contributed by atoms with Crippen LogP contribution in [0.15, 0.2) is 79.0 Å². The van der Waals surface area contributed by atoms with E-state index in [1.54, 1.807) is 6.07 Å². The fourth-order valence-electron chi connectivity index (χ4n) is 3.59. The third-order valence-corrected chi connectivity index (χ3v) is 5.07. The minimum absolute atomic E-state index is 0.103. The van der Waals surface area contributed by atoms with E-state index in [0.717, 1.165) is 10.8 Å². The first-order valence-corrected chi connectivity index (χ1v) is 9.28. The molecule has 4 N–H and O–H groups in total. The van der Waals surface area contributed by atoms with E-state index in [1.165, 1.54) is 0 Å². The number of hydrogen-bond donors (Lipinski definition) is 4. The molecular formula is C22H19N3O2S. The lowest BCUT2D eigenvalue weighted by Gasteiger charge is -2.36. The van der Waals surface area contributed by atoms with Crippen LogP contribution in [0.25, 0.3) is 10.8 Å². The van der Waals surface area contributed by atoms with Gasteiger partial charge in [-0.3, -0.25) is 4.79 Å². The summed E-state index contributed by atoms with van der Waals surface area (Å²) < 4.78 is 0. The first kappa shape index (κ1) is 18.0. The monoisotopic (exact) mass is 389 g/mol. The molecule has 1 aliphatic heterocycles. The number of aromatic hydroxyl groups is 1. The molecule has 1 amide bonds. The number of amides is 1. The Balaban J connectivity index is 1.79. The van der Waals surface area contributed by atoms with Crippen LogP contribution < -0.4 is 16.0 Å². The first-order chi connectivity index (χ1) is 13.5. The summed E-state index contributed by atoms with van der Waals surface area (Å²) in [6, 6.07) is 19.9. The molecule has 28 heavy (non-hydrogen) atoms. The zero-order valence-corrected chi connectivity index (χ0v) is 15.8. The Bertz CT molecular complexity index is 1080. The van der Waals surface area contributed by atoms with Crippen molar-refractivity contribution < 1.29 is 9.90 Å². The quantitative estimate of drug-likeness (QED) is 0.513. The summed E-state index contributed by atoms with van der Waals surface area (Å²) in [7, 11) is 0. The molecule has 3 aromatic rings. The SMILES string of the molecule is C=C1NC(=S)NC(c2c(O)ccc3ccccc23)C1C(=O)Nc1ccccc1. The summed E-state index contributed by atoms with van der Waals surface area (Å²) in [5.41, 5.74) is 1.79. The number of benzene rings is 3. The van der Waals surface area contributed by atoms with Gasteiger partial charge in [-0.2, -0.15) is 0 Å². The molecular weight excluding hydrogens is 370 g/mol. The Hall–Kier alpha value is -3.38. The van der Waals surface area contributed by atoms with Crippen LogP contribution in [0, 0.1) is 5.92 Å². The maximum Gasteiger partial charge on any atom is 0.235 e. The molecule has 0 bridgehead atoms. The number of carbonyl (C=O) groups is 1. The number of nitrogens with one attached hydrogen (secondary N) is 3. The van der Waals surface area contributed by atoms with Gasteiger partial charge in [0.15, 0.2) is 5.11 Å². The number of phenolic OH excluding ortho intramolecular Hbond substituents is 1. The van der Waals surface area contributed by atoms with Crippen molar-refractivity contribution in [3.63, 3.8) is 0 Å². The van der Waals surface area contributed by atoms with Gasteiger partial charge in [-0.1, -0.05) is 55.1 Å². The van der Waals surface area contributed by atoms with E-state index in [2.05, 4.69) is 22.5 Å². The van der Waals surface area contributed by atoms with E-state index in [9.17, 15) is 9.90 Å². The molecule has 1 fully saturated rings.